The highest BCUT2D eigenvalue weighted by atomic mass is 16.5. The van der Waals surface area contributed by atoms with E-state index in [1.165, 1.54) is 20.3 Å². The molecule has 0 bridgehead atoms. The molecule has 2 amide bonds. The van der Waals surface area contributed by atoms with Crippen molar-refractivity contribution < 1.29 is 28.6 Å². The Hall–Kier alpha value is -2.77. The Morgan fingerprint density at radius 3 is 2.19 bits per heavy atom. The van der Waals surface area contributed by atoms with Crippen LogP contribution >= 0.6 is 0 Å². The van der Waals surface area contributed by atoms with Crippen LogP contribution in [0.5, 0.6) is 11.5 Å². The zero-order valence-electron chi connectivity index (χ0n) is 19.4. The first-order chi connectivity index (χ1) is 15.3. The Kier molecular flexibility index (Phi) is 7.99. The second-order valence-corrected chi connectivity index (χ2v) is 9.04. The van der Waals surface area contributed by atoms with E-state index in [9.17, 15) is 14.4 Å². The molecule has 32 heavy (non-hydrogen) atoms. The molecule has 8 heteroatoms. The van der Waals surface area contributed by atoms with E-state index in [4.69, 9.17) is 14.2 Å². The fourth-order valence-electron chi connectivity index (χ4n) is 4.74. The van der Waals surface area contributed by atoms with Crippen molar-refractivity contribution in [3.05, 3.63) is 17.7 Å². The largest absolute Gasteiger partial charge is 0.493 e. The number of amides is 2. The Bertz CT molecular complexity index is 839. The monoisotopic (exact) mass is 446 g/mol. The minimum atomic E-state index is -0.695. The molecule has 0 unspecified atom stereocenters. The number of rotatable bonds is 7. The lowest BCUT2D eigenvalue weighted by atomic mass is 9.92. The van der Waals surface area contributed by atoms with Crippen LogP contribution in [0.1, 0.15) is 56.3 Å². The fraction of sp³-hybridized carbons (Fsp3) is 0.625. The Morgan fingerprint density at radius 1 is 1.00 bits per heavy atom. The number of anilines is 1. The number of hydrogen-bond donors (Lipinski definition) is 1. The van der Waals surface area contributed by atoms with Crippen LogP contribution in [0.3, 0.4) is 0 Å². The van der Waals surface area contributed by atoms with Crippen molar-refractivity contribution in [2.24, 2.45) is 17.8 Å². The summed E-state index contributed by atoms with van der Waals surface area (Å²) in [5.41, 5.74) is 0.416. The number of ether oxygens (including phenoxy) is 3. The van der Waals surface area contributed by atoms with Crippen LogP contribution in [0.15, 0.2) is 12.1 Å². The van der Waals surface area contributed by atoms with Crippen molar-refractivity contribution in [2.75, 3.05) is 39.2 Å². The number of likely N-dealkylation sites (tertiary alicyclic amines) is 1. The second kappa shape index (κ2) is 10.7. The number of carbonyl (C=O) groups is 3. The molecule has 0 spiro atoms. The minimum Gasteiger partial charge on any atom is -0.493 e. The van der Waals surface area contributed by atoms with Gasteiger partial charge < -0.3 is 24.4 Å². The van der Waals surface area contributed by atoms with Gasteiger partial charge in [0.15, 0.2) is 18.1 Å². The van der Waals surface area contributed by atoms with E-state index in [-0.39, 0.29) is 35.6 Å². The molecule has 2 atom stereocenters. The van der Waals surface area contributed by atoms with Gasteiger partial charge in [-0.05, 0) is 31.1 Å². The van der Waals surface area contributed by atoms with E-state index >= 15 is 0 Å². The molecule has 0 radical (unpaired) electrons. The zero-order valence-corrected chi connectivity index (χ0v) is 19.4. The van der Waals surface area contributed by atoms with Gasteiger partial charge in [0.2, 0.25) is 5.91 Å². The number of benzene rings is 1. The van der Waals surface area contributed by atoms with Crippen LogP contribution in [0.4, 0.5) is 5.69 Å². The molecule has 1 aromatic rings. The van der Waals surface area contributed by atoms with E-state index < -0.39 is 5.97 Å². The van der Waals surface area contributed by atoms with Crippen LogP contribution < -0.4 is 14.8 Å². The molecule has 1 aliphatic carbocycles. The number of carbonyl (C=O) groups excluding carboxylic acids is 3. The Morgan fingerprint density at radius 2 is 1.59 bits per heavy atom. The van der Waals surface area contributed by atoms with Crippen LogP contribution in [0.2, 0.25) is 0 Å². The molecular weight excluding hydrogens is 412 g/mol. The maximum atomic E-state index is 12.9. The normalized spacial score (nSPS) is 21.2. The molecule has 176 valence electrons. The van der Waals surface area contributed by atoms with Gasteiger partial charge in [-0.1, -0.05) is 26.7 Å². The van der Waals surface area contributed by atoms with Crippen molar-refractivity contribution >= 4 is 23.5 Å². The summed E-state index contributed by atoms with van der Waals surface area (Å²) in [5, 5.41) is 2.85. The van der Waals surface area contributed by atoms with E-state index in [1.807, 2.05) is 0 Å². The predicted octanol–water partition coefficient (Wildman–Crippen LogP) is 3.49. The third-order valence-electron chi connectivity index (χ3n) is 6.28. The molecule has 1 saturated heterocycles. The van der Waals surface area contributed by atoms with E-state index in [2.05, 4.69) is 19.2 Å². The molecule has 2 fully saturated rings. The highest BCUT2D eigenvalue weighted by molar-refractivity contribution is 6.03. The molecule has 1 aromatic carbocycles. The lowest BCUT2D eigenvalue weighted by Gasteiger charge is -2.34. The van der Waals surface area contributed by atoms with Gasteiger partial charge in [0.05, 0.1) is 25.5 Å². The summed E-state index contributed by atoms with van der Waals surface area (Å²) >= 11 is 0. The van der Waals surface area contributed by atoms with Crippen LogP contribution in [0, 0.1) is 17.8 Å². The summed E-state index contributed by atoms with van der Waals surface area (Å²) in [7, 11) is 2.95. The molecule has 1 aliphatic heterocycles. The molecule has 2 aliphatic rings. The minimum absolute atomic E-state index is 0.0726. The van der Waals surface area contributed by atoms with Crippen molar-refractivity contribution in [1.82, 2.24) is 4.90 Å². The topological polar surface area (TPSA) is 94.2 Å². The van der Waals surface area contributed by atoms with Crippen molar-refractivity contribution in [3.8, 4) is 11.5 Å². The maximum absolute atomic E-state index is 12.9. The second-order valence-electron chi connectivity index (χ2n) is 9.04. The van der Waals surface area contributed by atoms with E-state index in [0.717, 1.165) is 32.1 Å². The summed E-state index contributed by atoms with van der Waals surface area (Å²) in [6.45, 7) is 5.22. The third kappa shape index (κ3) is 5.72. The van der Waals surface area contributed by atoms with Crippen LogP contribution in [0.25, 0.3) is 0 Å². The van der Waals surface area contributed by atoms with E-state index in [1.54, 1.807) is 11.0 Å². The molecule has 0 aromatic heterocycles. The van der Waals surface area contributed by atoms with Crippen molar-refractivity contribution in [2.45, 2.75) is 46.0 Å². The van der Waals surface area contributed by atoms with E-state index in [0.29, 0.717) is 36.4 Å². The highest BCUT2D eigenvalue weighted by Crippen LogP contribution is 2.35. The number of nitrogens with one attached hydrogen (secondary N) is 1. The smallest absolute Gasteiger partial charge is 0.340 e. The van der Waals surface area contributed by atoms with Gasteiger partial charge >= 0.3 is 5.97 Å². The summed E-state index contributed by atoms with van der Waals surface area (Å²) in [4.78, 5) is 40.0. The first-order valence-electron chi connectivity index (χ1n) is 11.3. The third-order valence-corrected chi connectivity index (χ3v) is 6.28. The standard InChI is InChI=1S/C24H34N2O6/c1-15-9-16(2)13-26(12-15)22(27)14-32-24(29)18-10-20(30-3)21(31-4)11-19(18)25-23(28)17-7-5-6-8-17/h10-11,15-17H,5-9,12-14H2,1-4H3,(H,25,28)/t15-,16+. The van der Waals surface area contributed by atoms with Gasteiger partial charge in [0, 0.05) is 31.1 Å². The number of piperidine rings is 1. The maximum Gasteiger partial charge on any atom is 0.340 e. The van der Waals surface area contributed by atoms with Crippen LogP contribution in [-0.2, 0) is 14.3 Å². The van der Waals surface area contributed by atoms with Gasteiger partial charge in [-0.25, -0.2) is 4.79 Å². The molecular formula is C24H34N2O6. The summed E-state index contributed by atoms with van der Waals surface area (Å²) in [6.07, 6.45) is 4.79. The SMILES string of the molecule is COc1cc(NC(=O)C2CCCC2)c(C(=O)OCC(=O)N2C[C@H](C)C[C@H](C)C2)cc1OC. The highest BCUT2D eigenvalue weighted by Gasteiger charge is 2.28. The Balaban J connectivity index is 1.74. The van der Waals surface area contributed by atoms with Crippen LogP contribution in [-0.4, -0.2) is 56.6 Å². The molecule has 1 N–H and O–H groups in total. The molecule has 3 rings (SSSR count). The number of methoxy groups -OCH3 is 2. The number of nitrogens with zero attached hydrogens (tertiary/aromatic N) is 1. The molecule has 8 nitrogen and oxygen atoms in total. The molecule has 1 heterocycles. The average molecular weight is 447 g/mol. The number of esters is 1. The van der Waals surface area contributed by atoms with Crippen molar-refractivity contribution in [1.29, 1.82) is 0 Å². The van der Waals surface area contributed by atoms with Gasteiger partial charge in [0.1, 0.15) is 0 Å². The van der Waals surface area contributed by atoms with Gasteiger partial charge in [-0.2, -0.15) is 0 Å². The summed E-state index contributed by atoms with van der Waals surface area (Å²) in [5.74, 6) is 0.449. The first-order valence-corrected chi connectivity index (χ1v) is 11.3. The quantitative estimate of drug-likeness (QED) is 0.645. The summed E-state index contributed by atoms with van der Waals surface area (Å²) < 4.78 is 16.0. The predicted molar refractivity (Wildman–Crippen MR) is 120 cm³/mol. The zero-order chi connectivity index (χ0) is 23.3. The van der Waals surface area contributed by atoms with Gasteiger partial charge in [0.25, 0.3) is 5.91 Å². The molecule has 1 saturated carbocycles. The Labute approximate surface area is 189 Å². The lowest BCUT2D eigenvalue weighted by Crippen LogP contribution is -2.44. The first kappa shape index (κ1) is 23.9. The van der Waals surface area contributed by atoms with Gasteiger partial charge in [-0.15, -0.1) is 0 Å². The summed E-state index contributed by atoms with van der Waals surface area (Å²) in [6, 6.07) is 3.03. The average Bonchev–Trinajstić information content (AvgIpc) is 3.31. The van der Waals surface area contributed by atoms with Crippen molar-refractivity contribution in [3.63, 3.8) is 0 Å². The van der Waals surface area contributed by atoms with Gasteiger partial charge in [-0.3, -0.25) is 9.59 Å². The number of hydrogen-bond acceptors (Lipinski definition) is 6. The lowest BCUT2D eigenvalue weighted by molar-refractivity contribution is -0.137. The fourth-order valence-corrected chi connectivity index (χ4v) is 4.74.